The second kappa shape index (κ2) is 9.14. The van der Waals surface area contributed by atoms with Crippen molar-refractivity contribution in [3.8, 4) is 0 Å². The smallest absolute Gasteiger partial charge is 0.0294 e. The third-order valence-corrected chi connectivity index (χ3v) is 3.91. The molecule has 0 fully saturated rings. The number of nitrogens with one attached hydrogen (secondary N) is 1. The Morgan fingerprint density at radius 3 is 2.21 bits per heavy atom. The quantitative estimate of drug-likeness (QED) is 0.639. The van der Waals surface area contributed by atoms with E-state index in [0.29, 0.717) is 12.1 Å². The summed E-state index contributed by atoms with van der Waals surface area (Å²) in [4.78, 5) is 0. The van der Waals surface area contributed by atoms with Crippen LogP contribution in [0.2, 0.25) is 0 Å². The fourth-order valence-electron chi connectivity index (χ4n) is 2.56. The van der Waals surface area contributed by atoms with Crippen LogP contribution in [0, 0.1) is 0 Å². The Balaban J connectivity index is 2.54. The Morgan fingerprint density at radius 1 is 1.00 bits per heavy atom. The first-order valence-corrected chi connectivity index (χ1v) is 8.06. The van der Waals surface area contributed by atoms with E-state index in [2.05, 4.69) is 57.3 Å². The molecule has 108 valence electrons. The Morgan fingerprint density at radius 2 is 1.68 bits per heavy atom. The average Bonchev–Trinajstić information content (AvgIpc) is 2.45. The van der Waals surface area contributed by atoms with Crippen molar-refractivity contribution in [2.75, 3.05) is 0 Å². The normalized spacial score (nSPS) is 14.3. The lowest BCUT2D eigenvalue weighted by atomic mass is 10.0. The van der Waals surface area contributed by atoms with E-state index in [0.717, 1.165) is 0 Å². The van der Waals surface area contributed by atoms with Gasteiger partial charge in [0.25, 0.3) is 0 Å². The minimum absolute atomic E-state index is 0.455. The van der Waals surface area contributed by atoms with Gasteiger partial charge in [-0.1, -0.05) is 57.9 Å². The van der Waals surface area contributed by atoms with Crippen molar-refractivity contribution in [3.05, 3.63) is 35.4 Å². The fourth-order valence-corrected chi connectivity index (χ4v) is 2.56. The third-order valence-electron chi connectivity index (χ3n) is 3.91. The molecule has 2 unspecified atom stereocenters. The number of benzene rings is 1. The number of aryl methyl sites for hydroxylation is 1. The third kappa shape index (κ3) is 5.78. The highest BCUT2D eigenvalue weighted by Crippen LogP contribution is 2.17. The van der Waals surface area contributed by atoms with Gasteiger partial charge in [-0.15, -0.1) is 0 Å². The van der Waals surface area contributed by atoms with Gasteiger partial charge in [-0.2, -0.15) is 0 Å². The Kier molecular flexibility index (Phi) is 7.81. The summed E-state index contributed by atoms with van der Waals surface area (Å²) >= 11 is 0. The lowest BCUT2D eigenvalue weighted by molar-refractivity contribution is 0.417. The van der Waals surface area contributed by atoms with Gasteiger partial charge in [-0.25, -0.2) is 0 Å². The zero-order chi connectivity index (χ0) is 14.1. The molecule has 1 aromatic rings. The molecule has 2 atom stereocenters. The van der Waals surface area contributed by atoms with Gasteiger partial charge in [-0.05, 0) is 43.7 Å². The maximum Gasteiger partial charge on any atom is 0.0294 e. The van der Waals surface area contributed by atoms with Crippen molar-refractivity contribution >= 4 is 0 Å². The lowest BCUT2D eigenvalue weighted by Crippen LogP contribution is -2.30. The summed E-state index contributed by atoms with van der Waals surface area (Å²) in [6, 6.07) is 10.3. The number of unbranched alkanes of at least 4 members (excludes halogenated alkanes) is 1. The van der Waals surface area contributed by atoms with Crippen LogP contribution in [0.3, 0.4) is 0 Å². The van der Waals surface area contributed by atoms with E-state index in [9.17, 15) is 0 Å². The zero-order valence-corrected chi connectivity index (χ0v) is 13.2. The van der Waals surface area contributed by atoms with E-state index in [1.165, 1.54) is 49.7 Å². The highest BCUT2D eigenvalue weighted by molar-refractivity contribution is 5.24. The van der Waals surface area contributed by atoms with Crippen molar-refractivity contribution in [3.63, 3.8) is 0 Å². The molecule has 0 aromatic heterocycles. The summed E-state index contributed by atoms with van der Waals surface area (Å²) in [7, 11) is 0. The van der Waals surface area contributed by atoms with Gasteiger partial charge in [0.15, 0.2) is 0 Å². The molecule has 0 amide bonds. The van der Waals surface area contributed by atoms with E-state index >= 15 is 0 Å². The van der Waals surface area contributed by atoms with E-state index in [4.69, 9.17) is 0 Å². The van der Waals surface area contributed by atoms with Crippen LogP contribution < -0.4 is 5.32 Å². The van der Waals surface area contributed by atoms with E-state index in [-0.39, 0.29) is 0 Å². The van der Waals surface area contributed by atoms with E-state index in [1.54, 1.807) is 0 Å². The monoisotopic (exact) mass is 261 g/mol. The molecule has 1 rings (SSSR count). The molecule has 0 spiro atoms. The fraction of sp³-hybridized carbons (Fsp3) is 0.667. The summed E-state index contributed by atoms with van der Waals surface area (Å²) in [6.45, 7) is 9.06. The summed E-state index contributed by atoms with van der Waals surface area (Å²) in [5.74, 6) is 0. The van der Waals surface area contributed by atoms with Crippen LogP contribution in [0.15, 0.2) is 24.3 Å². The van der Waals surface area contributed by atoms with E-state index in [1.807, 2.05) is 0 Å². The second-order valence-corrected chi connectivity index (χ2v) is 5.63. The number of rotatable bonds is 9. The molecule has 0 aliphatic carbocycles. The molecule has 1 aromatic carbocycles. The summed E-state index contributed by atoms with van der Waals surface area (Å²) in [6.07, 6.45) is 7.53. The van der Waals surface area contributed by atoms with Crippen LogP contribution in [0.25, 0.3) is 0 Å². The largest absolute Gasteiger partial charge is 0.307 e. The van der Waals surface area contributed by atoms with Crippen molar-refractivity contribution in [2.24, 2.45) is 0 Å². The maximum absolute atomic E-state index is 3.75. The SMILES string of the molecule is CCCCc1ccc(C(C)NC(CC)CCC)cc1. The summed E-state index contributed by atoms with van der Waals surface area (Å²) < 4.78 is 0. The van der Waals surface area contributed by atoms with Crippen molar-refractivity contribution in [2.45, 2.75) is 78.3 Å². The highest BCUT2D eigenvalue weighted by Gasteiger charge is 2.10. The van der Waals surface area contributed by atoms with E-state index < -0.39 is 0 Å². The Hall–Kier alpha value is -0.820. The zero-order valence-electron chi connectivity index (χ0n) is 13.2. The van der Waals surface area contributed by atoms with Gasteiger partial charge < -0.3 is 5.32 Å². The molecule has 0 heterocycles. The number of hydrogen-bond acceptors (Lipinski definition) is 1. The first-order valence-electron chi connectivity index (χ1n) is 8.06. The molecular weight excluding hydrogens is 230 g/mol. The Bertz CT molecular complexity index is 328. The van der Waals surface area contributed by atoms with Crippen LogP contribution in [0.5, 0.6) is 0 Å². The molecule has 1 nitrogen and oxygen atoms in total. The van der Waals surface area contributed by atoms with Gasteiger partial charge in [-0.3, -0.25) is 0 Å². The molecule has 1 N–H and O–H groups in total. The molecule has 0 bridgehead atoms. The molecule has 0 radical (unpaired) electrons. The molecular formula is C18H31N. The number of hydrogen-bond donors (Lipinski definition) is 1. The topological polar surface area (TPSA) is 12.0 Å². The van der Waals surface area contributed by atoms with Gasteiger partial charge in [0.05, 0.1) is 0 Å². The summed E-state index contributed by atoms with van der Waals surface area (Å²) in [5, 5.41) is 3.75. The van der Waals surface area contributed by atoms with Crippen LogP contribution in [-0.4, -0.2) is 6.04 Å². The second-order valence-electron chi connectivity index (χ2n) is 5.63. The van der Waals surface area contributed by atoms with Crippen molar-refractivity contribution in [1.29, 1.82) is 0 Å². The minimum atomic E-state index is 0.455. The van der Waals surface area contributed by atoms with Gasteiger partial charge >= 0.3 is 0 Å². The van der Waals surface area contributed by atoms with Gasteiger partial charge in [0.1, 0.15) is 0 Å². The lowest BCUT2D eigenvalue weighted by Gasteiger charge is -2.22. The first kappa shape index (κ1) is 16.2. The van der Waals surface area contributed by atoms with Crippen LogP contribution in [-0.2, 0) is 6.42 Å². The standard InChI is InChI=1S/C18H31N/c1-5-8-10-16-11-13-17(14-12-16)15(4)19-18(7-3)9-6-2/h11-15,18-19H,5-10H2,1-4H3. The highest BCUT2D eigenvalue weighted by atomic mass is 14.9. The minimum Gasteiger partial charge on any atom is -0.307 e. The molecule has 0 aliphatic heterocycles. The average molecular weight is 261 g/mol. The van der Waals surface area contributed by atoms with Gasteiger partial charge in [0, 0.05) is 12.1 Å². The Labute approximate surface area is 119 Å². The van der Waals surface area contributed by atoms with Crippen LogP contribution >= 0.6 is 0 Å². The van der Waals surface area contributed by atoms with Crippen LogP contribution in [0.4, 0.5) is 0 Å². The molecule has 1 heteroatoms. The maximum atomic E-state index is 3.75. The predicted octanol–water partition coefficient (Wildman–Crippen LogP) is 5.26. The first-order chi connectivity index (χ1) is 9.21. The van der Waals surface area contributed by atoms with Crippen molar-refractivity contribution < 1.29 is 0 Å². The molecule has 0 saturated heterocycles. The van der Waals surface area contributed by atoms with Gasteiger partial charge in [0.2, 0.25) is 0 Å². The molecule has 0 saturated carbocycles. The summed E-state index contributed by atoms with van der Waals surface area (Å²) in [5.41, 5.74) is 2.88. The molecule has 19 heavy (non-hydrogen) atoms. The molecule has 0 aliphatic rings. The van der Waals surface area contributed by atoms with Crippen LogP contribution in [0.1, 0.15) is 77.0 Å². The van der Waals surface area contributed by atoms with Crippen molar-refractivity contribution in [1.82, 2.24) is 5.32 Å². The predicted molar refractivity (Wildman–Crippen MR) is 85.6 cm³/mol.